The first-order valence-corrected chi connectivity index (χ1v) is 9.57. The fourth-order valence-electron chi connectivity index (χ4n) is 2.92. The number of nitrogens with zero attached hydrogens (tertiary/aromatic N) is 1. The number of carbonyl (C=O) groups is 5. The van der Waals surface area contributed by atoms with Gasteiger partial charge in [-0.15, -0.1) is 0 Å². The Bertz CT molecular complexity index is 647. The molecule has 0 radical (unpaired) electrons. The van der Waals surface area contributed by atoms with E-state index in [1.54, 1.807) is 6.92 Å². The fraction of sp³-hybridized carbons (Fsp3) is 0.688. The second-order valence-corrected chi connectivity index (χ2v) is 6.91. The molecule has 0 spiro atoms. The zero-order valence-corrected chi connectivity index (χ0v) is 17.1. The van der Waals surface area contributed by atoms with Crippen molar-refractivity contribution in [1.29, 1.82) is 0 Å². The Labute approximate surface area is 173 Å². The van der Waals surface area contributed by atoms with Gasteiger partial charge >= 0.3 is 5.97 Å². The Morgan fingerprint density at radius 2 is 1.90 bits per heavy atom. The monoisotopic (exact) mass is 433 g/mol. The Morgan fingerprint density at radius 1 is 1.24 bits per heavy atom. The molecule has 0 bridgehead atoms. The summed E-state index contributed by atoms with van der Waals surface area (Å²) in [6.07, 6.45) is 0.423. The summed E-state index contributed by atoms with van der Waals surface area (Å²) in [6.45, 7) is 1.92. The highest BCUT2D eigenvalue weighted by atomic mass is 32.1. The minimum absolute atomic E-state index is 0.187. The number of nitrogens with two attached hydrogens (primary N) is 1. The van der Waals surface area contributed by atoms with Gasteiger partial charge in [0.2, 0.25) is 23.6 Å². The highest BCUT2D eigenvalue weighted by Crippen LogP contribution is 2.19. The second kappa shape index (κ2) is 11.6. The van der Waals surface area contributed by atoms with Gasteiger partial charge in [-0.3, -0.25) is 19.2 Å². The van der Waals surface area contributed by atoms with Crippen molar-refractivity contribution in [1.82, 2.24) is 21.0 Å². The first kappa shape index (κ1) is 24.7. The molecule has 164 valence electrons. The molecule has 13 heteroatoms. The largest absolute Gasteiger partial charge is 0.480 e. The highest BCUT2D eigenvalue weighted by Gasteiger charge is 2.38. The molecule has 1 aliphatic heterocycles. The number of likely N-dealkylation sites (tertiary alicyclic amines) is 1. The van der Waals surface area contributed by atoms with E-state index in [4.69, 9.17) is 15.7 Å². The molecule has 4 atom stereocenters. The van der Waals surface area contributed by atoms with Gasteiger partial charge in [-0.2, -0.15) is 18.1 Å². The summed E-state index contributed by atoms with van der Waals surface area (Å²) >= 11 is 3.84. The van der Waals surface area contributed by atoms with E-state index in [2.05, 4.69) is 28.7 Å². The Kier molecular flexibility index (Phi) is 9.85. The molecule has 0 saturated carbocycles. The quantitative estimate of drug-likeness (QED) is 0.151. The van der Waals surface area contributed by atoms with Crippen LogP contribution in [-0.4, -0.2) is 83.2 Å². The maximum absolute atomic E-state index is 12.7. The minimum atomic E-state index is -1.38. The highest BCUT2D eigenvalue weighted by molar-refractivity contribution is 7.80. The van der Waals surface area contributed by atoms with Gasteiger partial charge < -0.3 is 31.2 Å². The molecule has 6 N–H and O–H groups in total. The van der Waals surface area contributed by atoms with Crippen LogP contribution in [0.1, 0.15) is 26.2 Å². The molecular weight excluding hydrogens is 406 g/mol. The molecule has 0 aromatic rings. The fourth-order valence-corrected chi connectivity index (χ4v) is 3.16. The molecule has 1 heterocycles. The van der Waals surface area contributed by atoms with Gasteiger partial charge in [0, 0.05) is 12.3 Å². The number of amides is 4. The number of hydrogen-bond donors (Lipinski definition) is 6. The van der Waals surface area contributed by atoms with Crippen molar-refractivity contribution in [3.63, 3.8) is 0 Å². The number of nitrogens with one attached hydrogen (secondary N) is 3. The number of carbonyl (C=O) groups excluding carboxylic acids is 4. The van der Waals surface area contributed by atoms with E-state index in [1.807, 2.05) is 0 Å². The normalized spacial score (nSPS) is 19.1. The van der Waals surface area contributed by atoms with Crippen molar-refractivity contribution >= 4 is 42.2 Å². The standard InChI is InChI=1S/C16H27N5O7S/c1-8(20-28-2)15(25)21-5-3-4-11(21)14(24)18-9(6-12(17)22)13(23)19-10(7-29)16(26)27/h8-11,20,29H,3-7H2,1-2H3,(H2,17,22)(H,18,24)(H,19,23)(H,26,27)/t8-,9-,10-,11-/m0/s1. The van der Waals surface area contributed by atoms with Crippen molar-refractivity contribution < 1.29 is 33.9 Å². The Hall–Kier alpha value is -2.38. The average molecular weight is 433 g/mol. The van der Waals surface area contributed by atoms with Crippen molar-refractivity contribution in [3.05, 3.63) is 0 Å². The van der Waals surface area contributed by atoms with E-state index in [0.29, 0.717) is 19.4 Å². The van der Waals surface area contributed by atoms with Crippen LogP contribution in [0.4, 0.5) is 0 Å². The van der Waals surface area contributed by atoms with Gasteiger partial charge in [-0.1, -0.05) is 0 Å². The lowest BCUT2D eigenvalue weighted by molar-refractivity contribution is -0.144. The van der Waals surface area contributed by atoms with Gasteiger partial charge in [0.15, 0.2) is 0 Å². The molecule has 1 fully saturated rings. The van der Waals surface area contributed by atoms with Crippen LogP contribution in [0.25, 0.3) is 0 Å². The van der Waals surface area contributed by atoms with Crippen LogP contribution in [0.5, 0.6) is 0 Å². The second-order valence-electron chi connectivity index (χ2n) is 6.55. The molecule has 0 aromatic carbocycles. The Morgan fingerprint density at radius 3 is 2.41 bits per heavy atom. The third-order valence-electron chi connectivity index (χ3n) is 4.34. The van der Waals surface area contributed by atoms with Crippen molar-refractivity contribution in [2.24, 2.45) is 5.73 Å². The molecule has 1 aliphatic rings. The van der Waals surface area contributed by atoms with E-state index in [1.165, 1.54) is 12.0 Å². The van der Waals surface area contributed by atoms with Crippen LogP contribution in [0, 0.1) is 0 Å². The molecule has 1 rings (SSSR count). The number of carboxylic acid groups (broad SMARTS) is 1. The summed E-state index contributed by atoms with van der Waals surface area (Å²) in [7, 11) is 1.36. The SMILES string of the molecule is CON[C@@H](C)C(=O)N1CCC[C@H]1C(=O)N[C@@H](CC(N)=O)C(=O)N[C@@H](CS)C(=O)O. The summed E-state index contributed by atoms with van der Waals surface area (Å²) in [5.41, 5.74) is 7.64. The maximum Gasteiger partial charge on any atom is 0.327 e. The number of hydroxylamine groups is 1. The molecule has 0 unspecified atom stereocenters. The molecular formula is C16H27N5O7S. The van der Waals surface area contributed by atoms with E-state index >= 15 is 0 Å². The lowest BCUT2D eigenvalue weighted by Gasteiger charge is -2.28. The molecule has 12 nitrogen and oxygen atoms in total. The smallest absolute Gasteiger partial charge is 0.327 e. The number of primary amides is 1. The van der Waals surface area contributed by atoms with Crippen LogP contribution < -0.4 is 21.8 Å². The van der Waals surface area contributed by atoms with Crippen LogP contribution in [0.15, 0.2) is 0 Å². The van der Waals surface area contributed by atoms with E-state index in [9.17, 15) is 24.0 Å². The molecule has 1 saturated heterocycles. The molecule has 0 aromatic heterocycles. The van der Waals surface area contributed by atoms with Crippen molar-refractivity contribution in [2.75, 3.05) is 19.4 Å². The van der Waals surface area contributed by atoms with Gasteiger partial charge in [0.05, 0.1) is 13.5 Å². The Balaban J connectivity index is 2.88. The topological polar surface area (TPSA) is 180 Å². The first-order valence-electron chi connectivity index (χ1n) is 8.94. The predicted molar refractivity (Wildman–Crippen MR) is 104 cm³/mol. The summed E-state index contributed by atoms with van der Waals surface area (Å²) in [4.78, 5) is 66.0. The number of aliphatic carboxylic acids is 1. The van der Waals surface area contributed by atoms with E-state index < -0.39 is 54.3 Å². The van der Waals surface area contributed by atoms with Gasteiger partial charge in [0.1, 0.15) is 24.2 Å². The minimum Gasteiger partial charge on any atom is -0.480 e. The van der Waals surface area contributed by atoms with Crippen LogP contribution in [0.2, 0.25) is 0 Å². The number of hydrogen-bond acceptors (Lipinski definition) is 8. The lowest BCUT2D eigenvalue weighted by atomic mass is 10.1. The molecule has 4 amide bonds. The van der Waals surface area contributed by atoms with Crippen LogP contribution >= 0.6 is 12.6 Å². The predicted octanol–water partition coefficient (Wildman–Crippen LogP) is -2.62. The lowest BCUT2D eigenvalue weighted by Crippen LogP contribution is -2.57. The van der Waals surface area contributed by atoms with Crippen molar-refractivity contribution in [2.45, 2.75) is 50.4 Å². The summed E-state index contributed by atoms with van der Waals surface area (Å²) in [5.74, 6) is -4.25. The zero-order valence-electron chi connectivity index (χ0n) is 16.2. The van der Waals surface area contributed by atoms with E-state index in [-0.39, 0.29) is 11.7 Å². The first-order chi connectivity index (χ1) is 13.6. The average Bonchev–Trinajstić information content (AvgIpc) is 3.14. The number of rotatable bonds is 11. The van der Waals surface area contributed by atoms with E-state index in [0.717, 1.165) is 0 Å². The third-order valence-corrected chi connectivity index (χ3v) is 4.70. The molecule has 29 heavy (non-hydrogen) atoms. The van der Waals surface area contributed by atoms with Gasteiger partial charge in [-0.05, 0) is 19.8 Å². The number of thiol groups is 1. The summed E-state index contributed by atoms with van der Waals surface area (Å²) < 4.78 is 0. The maximum atomic E-state index is 12.7. The number of carboxylic acids is 1. The molecule has 0 aliphatic carbocycles. The summed E-state index contributed by atoms with van der Waals surface area (Å²) in [5, 5.41) is 13.6. The van der Waals surface area contributed by atoms with Crippen LogP contribution in [0.3, 0.4) is 0 Å². The van der Waals surface area contributed by atoms with Crippen molar-refractivity contribution in [3.8, 4) is 0 Å². The van der Waals surface area contributed by atoms with Gasteiger partial charge in [-0.25, -0.2) is 4.79 Å². The van der Waals surface area contributed by atoms with Crippen LogP contribution in [-0.2, 0) is 28.8 Å². The zero-order chi connectivity index (χ0) is 22.1. The third kappa shape index (κ3) is 7.18. The summed E-state index contributed by atoms with van der Waals surface area (Å²) in [6, 6.07) is -4.21. The van der Waals surface area contributed by atoms with Gasteiger partial charge in [0.25, 0.3) is 0 Å².